The zero-order valence-electron chi connectivity index (χ0n) is 16.5. The molecule has 0 aliphatic carbocycles. The Morgan fingerprint density at radius 2 is 2.03 bits per heavy atom. The van der Waals surface area contributed by atoms with E-state index in [0.29, 0.717) is 21.8 Å². The van der Waals surface area contributed by atoms with Gasteiger partial charge in [-0.2, -0.15) is 0 Å². The summed E-state index contributed by atoms with van der Waals surface area (Å²) in [6.07, 6.45) is 4.68. The van der Waals surface area contributed by atoms with E-state index >= 15 is 0 Å². The first-order valence-electron chi connectivity index (χ1n) is 9.70. The van der Waals surface area contributed by atoms with Crippen molar-refractivity contribution < 1.29 is 4.74 Å². The number of nitrogens with one attached hydrogen (secondary N) is 1. The van der Waals surface area contributed by atoms with Gasteiger partial charge in [-0.3, -0.25) is 4.98 Å². The molecule has 5 nitrogen and oxygen atoms in total. The van der Waals surface area contributed by atoms with Crippen molar-refractivity contribution in [1.29, 1.82) is 0 Å². The number of rotatable bonds is 7. The lowest BCUT2D eigenvalue weighted by Gasteiger charge is -2.29. The molecular weight excluding hydrogens is 439 g/mol. The summed E-state index contributed by atoms with van der Waals surface area (Å²) >= 11 is 18.4. The molecule has 30 heavy (non-hydrogen) atoms. The van der Waals surface area contributed by atoms with Crippen LogP contribution < -0.4 is 5.32 Å². The Balaban J connectivity index is 1.78. The molecule has 1 aliphatic heterocycles. The molecular formula is C22H22Cl2N4OS. The van der Waals surface area contributed by atoms with E-state index in [9.17, 15) is 0 Å². The van der Waals surface area contributed by atoms with Crippen molar-refractivity contribution >= 4 is 40.5 Å². The molecule has 3 aromatic rings. The largest absolute Gasteiger partial charge is 0.385 e. The Morgan fingerprint density at radius 1 is 1.17 bits per heavy atom. The van der Waals surface area contributed by atoms with E-state index in [1.165, 1.54) is 0 Å². The quantitative estimate of drug-likeness (QED) is 0.388. The van der Waals surface area contributed by atoms with Crippen LogP contribution in [0.1, 0.15) is 29.9 Å². The third-order valence-corrected chi connectivity index (χ3v) is 6.09. The fourth-order valence-electron chi connectivity index (χ4n) is 3.88. The fourth-order valence-corrected chi connectivity index (χ4v) is 4.71. The molecule has 0 saturated carbocycles. The number of benzene rings is 1. The van der Waals surface area contributed by atoms with Crippen molar-refractivity contribution in [2.75, 3.05) is 20.3 Å². The molecule has 1 N–H and O–H groups in total. The molecule has 0 radical (unpaired) electrons. The molecule has 1 fully saturated rings. The Morgan fingerprint density at radius 3 is 2.77 bits per heavy atom. The molecule has 0 spiro atoms. The average molecular weight is 461 g/mol. The fraction of sp³-hybridized carbons (Fsp3) is 0.273. The number of thiocarbonyl (C=S) groups is 1. The molecule has 1 saturated heterocycles. The third kappa shape index (κ3) is 4.18. The summed E-state index contributed by atoms with van der Waals surface area (Å²) in [7, 11) is 1.71. The second kappa shape index (κ2) is 9.35. The van der Waals surface area contributed by atoms with Crippen molar-refractivity contribution in [3.8, 4) is 5.69 Å². The highest BCUT2D eigenvalue weighted by molar-refractivity contribution is 7.80. The SMILES string of the molecule is COCCCN1C(=S)N[C@@H](c2ccccn2)[C@H]1c1cccn1-c1ccc(Cl)cc1Cl. The minimum absolute atomic E-state index is 0.0500. The van der Waals surface area contributed by atoms with Crippen LogP contribution in [0.3, 0.4) is 0 Å². The number of aromatic nitrogens is 2. The Hall–Kier alpha value is -2.12. The predicted octanol–water partition coefficient (Wildman–Crippen LogP) is 5.19. The van der Waals surface area contributed by atoms with Gasteiger partial charge in [0.25, 0.3) is 0 Å². The van der Waals surface area contributed by atoms with Gasteiger partial charge in [0, 0.05) is 43.4 Å². The number of pyridine rings is 1. The molecule has 1 aliphatic rings. The van der Waals surface area contributed by atoms with Crippen LogP contribution in [0.5, 0.6) is 0 Å². The van der Waals surface area contributed by atoms with Crippen molar-refractivity contribution in [3.63, 3.8) is 0 Å². The summed E-state index contributed by atoms with van der Waals surface area (Å²) in [6.45, 7) is 1.44. The van der Waals surface area contributed by atoms with Crippen LogP contribution in [0.25, 0.3) is 5.69 Å². The molecule has 0 unspecified atom stereocenters. The molecule has 4 rings (SSSR count). The monoisotopic (exact) mass is 460 g/mol. The van der Waals surface area contributed by atoms with E-state index in [4.69, 9.17) is 40.2 Å². The van der Waals surface area contributed by atoms with E-state index in [0.717, 1.165) is 30.0 Å². The zero-order valence-corrected chi connectivity index (χ0v) is 18.8. The first kappa shape index (κ1) is 21.1. The smallest absolute Gasteiger partial charge is 0.170 e. The van der Waals surface area contributed by atoms with Gasteiger partial charge in [0.05, 0.1) is 28.5 Å². The minimum atomic E-state index is -0.0824. The van der Waals surface area contributed by atoms with Crippen LogP contribution in [0.2, 0.25) is 10.0 Å². The molecule has 0 amide bonds. The van der Waals surface area contributed by atoms with Crippen molar-refractivity contribution in [2.24, 2.45) is 0 Å². The van der Waals surface area contributed by atoms with Crippen LogP contribution in [-0.2, 0) is 4.74 Å². The van der Waals surface area contributed by atoms with Crippen LogP contribution in [0.4, 0.5) is 0 Å². The summed E-state index contributed by atoms with van der Waals surface area (Å²) < 4.78 is 7.35. The van der Waals surface area contributed by atoms with E-state index in [-0.39, 0.29) is 12.1 Å². The maximum atomic E-state index is 6.53. The molecule has 156 valence electrons. The first-order chi connectivity index (χ1) is 14.6. The summed E-state index contributed by atoms with van der Waals surface area (Å²) in [6, 6.07) is 15.4. The normalized spacial score (nSPS) is 18.6. The van der Waals surface area contributed by atoms with Gasteiger partial charge in [0.1, 0.15) is 0 Å². The van der Waals surface area contributed by atoms with Gasteiger partial charge in [-0.05, 0) is 61.1 Å². The van der Waals surface area contributed by atoms with Gasteiger partial charge in [-0.25, -0.2) is 0 Å². The lowest BCUT2D eigenvalue weighted by atomic mass is 10.0. The van der Waals surface area contributed by atoms with Crippen LogP contribution in [0, 0.1) is 0 Å². The van der Waals surface area contributed by atoms with Gasteiger partial charge >= 0.3 is 0 Å². The molecule has 1 aromatic carbocycles. The van der Waals surface area contributed by atoms with Crippen LogP contribution in [-0.4, -0.2) is 39.8 Å². The zero-order chi connectivity index (χ0) is 21.1. The number of ether oxygens (including phenoxy) is 1. The van der Waals surface area contributed by atoms with E-state index in [1.54, 1.807) is 19.4 Å². The lowest BCUT2D eigenvalue weighted by molar-refractivity contribution is 0.180. The third-order valence-electron chi connectivity index (χ3n) is 5.20. The highest BCUT2D eigenvalue weighted by Crippen LogP contribution is 2.40. The summed E-state index contributed by atoms with van der Waals surface area (Å²) in [5, 5.41) is 5.38. The second-order valence-corrected chi connectivity index (χ2v) is 8.30. The first-order valence-corrected chi connectivity index (χ1v) is 10.9. The summed E-state index contributed by atoms with van der Waals surface area (Å²) in [4.78, 5) is 6.80. The molecule has 8 heteroatoms. The highest BCUT2D eigenvalue weighted by atomic mass is 35.5. The van der Waals surface area contributed by atoms with E-state index in [1.807, 2.05) is 42.6 Å². The molecule has 2 atom stereocenters. The molecule has 2 aromatic heterocycles. The Bertz CT molecular complexity index is 1030. The molecule has 0 bridgehead atoms. The van der Waals surface area contributed by atoms with Crippen molar-refractivity contribution in [2.45, 2.75) is 18.5 Å². The Kier molecular flexibility index (Phi) is 6.58. The number of hydrogen-bond donors (Lipinski definition) is 1. The van der Waals surface area contributed by atoms with Crippen LogP contribution >= 0.6 is 35.4 Å². The predicted molar refractivity (Wildman–Crippen MR) is 124 cm³/mol. The highest BCUT2D eigenvalue weighted by Gasteiger charge is 2.41. The topological polar surface area (TPSA) is 42.3 Å². The van der Waals surface area contributed by atoms with Crippen molar-refractivity contribution in [3.05, 3.63) is 82.4 Å². The maximum absolute atomic E-state index is 6.53. The maximum Gasteiger partial charge on any atom is 0.170 e. The summed E-state index contributed by atoms with van der Waals surface area (Å²) in [5.41, 5.74) is 2.88. The summed E-state index contributed by atoms with van der Waals surface area (Å²) in [5.74, 6) is 0. The standard InChI is InChI=1S/C22H22Cl2N4OS/c1-29-13-5-12-28-21(20(26-22(28)30)17-6-2-3-10-25-17)19-7-4-11-27(19)18-9-8-15(23)14-16(18)24/h2-4,6-11,14,20-21H,5,12-13H2,1H3,(H,26,30)/t20-,21+/m0/s1. The number of nitrogens with zero attached hydrogens (tertiary/aromatic N) is 3. The van der Waals surface area contributed by atoms with Gasteiger partial charge in [-0.1, -0.05) is 29.3 Å². The average Bonchev–Trinajstić information content (AvgIpc) is 3.33. The van der Waals surface area contributed by atoms with Gasteiger partial charge in [-0.15, -0.1) is 0 Å². The number of hydrogen-bond acceptors (Lipinski definition) is 3. The van der Waals surface area contributed by atoms with E-state index in [2.05, 4.69) is 25.8 Å². The Labute approximate surface area is 191 Å². The number of methoxy groups -OCH3 is 1. The molecule has 3 heterocycles. The van der Waals surface area contributed by atoms with Gasteiger partial charge in [0.2, 0.25) is 0 Å². The van der Waals surface area contributed by atoms with Crippen molar-refractivity contribution in [1.82, 2.24) is 19.8 Å². The van der Waals surface area contributed by atoms with E-state index < -0.39 is 0 Å². The lowest BCUT2D eigenvalue weighted by Crippen LogP contribution is -2.32. The number of halogens is 2. The minimum Gasteiger partial charge on any atom is -0.385 e. The van der Waals surface area contributed by atoms with Crippen LogP contribution in [0.15, 0.2) is 60.9 Å². The second-order valence-electron chi connectivity index (χ2n) is 7.07. The van der Waals surface area contributed by atoms with Gasteiger partial charge in [0.15, 0.2) is 5.11 Å². The van der Waals surface area contributed by atoms with Gasteiger partial charge < -0.3 is 19.5 Å².